The van der Waals surface area contributed by atoms with Gasteiger partial charge >= 0.3 is 0 Å². The van der Waals surface area contributed by atoms with Crippen molar-refractivity contribution in [2.45, 2.75) is 26.2 Å². The summed E-state index contributed by atoms with van der Waals surface area (Å²) in [7, 11) is 0. The number of H-pyrrole nitrogens is 1. The van der Waals surface area contributed by atoms with Gasteiger partial charge in [0, 0.05) is 0 Å². The number of aromatic amines is 1. The van der Waals surface area contributed by atoms with E-state index in [2.05, 4.69) is 9.97 Å². The highest BCUT2D eigenvalue weighted by Gasteiger charge is 2.14. The van der Waals surface area contributed by atoms with Crippen LogP contribution < -0.4 is 11.3 Å². The van der Waals surface area contributed by atoms with Gasteiger partial charge in [0.1, 0.15) is 5.82 Å². The Labute approximate surface area is 86.2 Å². The van der Waals surface area contributed by atoms with E-state index in [1.165, 1.54) is 0 Å². The zero-order chi connectivity index (χ0) is 11.6. The van der Waals surface area contributed by atoms with Gasteiger partial charge in [0.05, 0.1) is 12.0 Å². The number of primary amides is 1. The molecule has 0 aliphatic carbocycles. The summed E-state index contributed by atoms with van der Waals surface area (Å²) in [5.74, 6) is -1.02. The van der Waals surface area contributed by atoms with E-state index < -0.39 is 11.5 Å². The lowest BCUT2D eigenvalue weighted by Crippen LogP contribution is -2.22. The molecule has 0 aromatic carbocycles. The first-order valence-corrected chi connectivity index (χ1v) is 4.52. The lowest BCUT2D eigenvalue weighted by atomic mass is 10.1. The average Bonchev–Trinajstić information content (AvgIpc) is 1.99. The molecular formula is C9H13N3O3. The molecule has 0 radical (unpaired) electrons. The second kappa shape index (κ2) is 4.12. The molecule has 0 aliphatic rings. The molecule has 1 amide bonds. The van der Waals surface area contributed by atoms with Gasteiger partial charge in [-0.05, 0) is 5.92 Å². The van der Waals surface area contributed by atoms with Gasteiger partial charge in [-0.2, -0.15) is 4.98 Å². The summed E-state index contributed by atoms with van der Waals surface area (Å²) in [5, 5.41) is 9.47. The van der Waals surface area contributed by atoms with E-state index in [0.29, 0.717) is 0 Å². The van der Waals surface area contributed by atoms with Crippen LogP contribution in [0.2, 0.25) is 0 Å². The monoisotopic (exact) mass is 211 g/mol. The number of carbonyl (C=O) groups is 1. The maximum absolute atomic E-state index is 11.5. The Bertz CT molecular complexity index is 437. The van der Waals surface area contributed by atoms with E-state index in [-0.39, 0.29) is 29.6 Å². The summed E-state index contributed by atoms with van der Waals surface area (Å²) in [5.41, 5.74) is 4.71. The van der Waals surface area contributed by atoms with E-state index in [4.69, 9.17) is 5.73 Å². The molecule has 4 N–H and O–H groups in total. The average molecular weight is 211 g/mol. The van der Waals surface area contributed by atoms with Crippen LogP contribution in [0.1, 0.15) is 31.2 Å². The van der Waals surface area contributed by atoms with E-state index >= 15 is 0 Å². The SMILES string of the molecule is CC(C)c1c(O)nc(CC(N)=O)[nH]c1=O. The number of nitrogens with two attached hydrogens (primary N) is 1. The lowest BCUT2D eigenvalue weighted by molar-refractivity contribution is -0.117. The van der Waals surface area contributed by atoms with Crippen molar-refractivity contribution in [2.75, 3.05) is 0 Å². The van der Waals surface area contributed by atoms with Gasteiger partial charge in [-0.15, -0.1) is 0 Å². The van der Waals surface area contributed by atoms with Gasteiger partial charge in [0.2, 0.25) is 11.8 Å². The molecule has 6 nitrogen and oxygen atoms in total. The van der Waals surface area contributed by atoms with Crippen molar-refractivity contribution in [3.05, 3.63) is 21.7 Å². The molecule has 1 rings (SSSR count). The van der Waals surface area contributed by atoms with Crippen LogP contribution in [0.25, 0.3) is 0 Å². The molecule has 0 spiro atoms. The first kappa shape index (κ1) is 11.2. The quantitative estimate of drug-likeness (QED) is 0.633. The van der Waals surface area contributed by atoms with Gasteiger partial charge in [0.25, 0.3) is 5.56 Å². The zero-order valence-electron chi connectivity index (χ0n) is 8.57. The maximum atomic E-state index is 11.5. The van der Waals surface area contributed by atoms with Crippen LogP contribution in [0.4, 0.5) is 0 Å². The van der Waals surface area contributed by atoms with Crippen LogP contribution in [0.15, 0.2) is 4.79 Å². The van der Waals surface area contributed by atoms with Crippen LogP contribution in [-0.4, -0.2) is 21.0 Å². The third-order valence-corrected chi connectivity index (χ3v) is 1.90. The minimum Gasteiger partial charge on any atom is -0.493 e. The summed E-state index contributed by atoms with van der Waals surface area (Å²) in [4.78, 5) is 28.2. The first-order chi connectivity index (χ1) is 6.91. The Morgan fingerprint density at radius 2 is 2.20 bits per heavy atom. The number of hydrogen-bond acceptors (Lipinski definition) is 4. The Hall–Kier alpha value is -1.85. The molecule has 0 saturated heterocycles. The van der Waals surface area contributed by atoms with Gasteiger partial charge in [-0.3, -0.25) is 9.59 Å². The number of nitrogens with zero attached hydrogens (tertiary/aromatic N) is 1. The largest absolute Gasteiger partial charge is 0.493 e. The van der Waals surface area contributed by atoms with Crippen molar-refractivity contribution in [3.63, 3.8) is 0 Å². The third-order valence-electron chi connectivity index (χ3n) is 1.90. The molecule has 1 aromatic heterocycles. The lowest BCUT2D eigenvalue weighted by Gasteiger charge is -2.07. The minimum atomic E-state index is -0.616. The Morgan fingerprint density at radius 1 is 1.60 bits per heavy atom. The van der Waals surface area contributed by atoms with Crippen molar-refractivity contribution >= 4 is 5.91 Å². The van der Waals surface area contributed by atoms with Crippen molar-refractivity contribution in [1.29, 1.82) is 0 Å². The maximum Gasteiger partial charge on any atom is 0.258 e. The molecule has 1 aromatic rings. The summed E-state index contributed by atoms with van der Waals surface area (Å²) in [6, 6.07) is 0. The standard InChI is InChI=1S/C9H13N3O3/c1-4(2)7-8(14)11-6(3-5(10)13)12-9(7)15/h4H,3H2,1-2H3,(H2,10,13)(H2,11,12,14,15). The van der Waals surface area contributed by atoms with E-state index in [9.17, 15) is 14.7 Å². The highest BCUT2D eigenvalue weighted by molar-refractivity contribution is 5.75. The topological polar surface area (TPSA) is 109 Å². The van der Waals surface area contributed by atoms with Crippen molar-refractivity contribution in [2.24, 2.45) is 5.73 Å². The Kier molecular flexibility index (Phi) is 3.08. The number of aromatic nitrogens is 2. The molecule has 0 atom stereocenters. The summed E-state index contributed by atoms with van der Waals surface area (Å²) < 4.78 is 0. The van der Waals surface area contributed by atoms with Crippen LogP contribution in [0.3, 0.4) is 0 Å². The fraction of sp³-hybridized carbons (Fsp3) is 0.444. The number of carbonyl (C=O) groups excluding carboxylic acids is 1. The van der Waals surface area contributed by atoms with Gasteiger partial charge in [-0.1, -0.05) is 13.8 Å². The number of rotatable bonds is 3. The van der Waals surface area contributed by atoms with Crippen molar-refractivity contribution in [3.8, 4) is 5.88 Å². The van der Waals surface area contributed by atoms with E-state index in [0.717, 1.165) is 0 Å². The van der Waals surface area contributed by atoms with Crippen LogP contribution >= 0.6 is 0 Å². The van der Waals surface area contributed by atoms with Crippen LogP contribution in [0.5, 0.6) is 5.88 Å². The zero-order valence-corrected chi connectivity index (χ0v) is 8.57. The molecule has 0 bridgehead atoms. The van der Waals surface area contributed by atoms with Crippen LogP contribution in [-0.2, 0) is 11.2 Å². The summed E-state index contributed by atoms with van der Waals surface area (Å²) >= 11 is 0. The van der Waals surface area contributed by atoms with Gasteiger partial charge in [0.15, 0.2) is 0 Å². The predicted octanol–water partition coefficient (Wildman–Crippen LogP) is -0.373. The third kappa shape index (κ3) is 2.55. The molecule has 82 valence electrons. The van der Waals surface area contributed by atoms with E-state index in [1.807, 2.05) is 0 Å². The molecule has 6 heteroatoms. The molecule has 0 unspecified atom stereocenters. The van der Waals surface area contributed by atoms with Crippen LogP contribution in [0, 0.1) is 0 Å². The highest BCUT2D eigenvalue weighted by atomic mass is 16.3. The van der Waals surface area contributed by atoms with Crippen molar-refractivity contribution in [1.82, 2.24) is 9.97 Å². The van der Waals surface area contributed by atoms with E-state index in [1.54, 1.807) is 13.8 Å². The normalized spacial score (nSPS) is 10.6. The second-order valence-corrected chi connectivity index (χ2v) is 3.55. The molecule has 15 heavy (non-hydrogen) atoms. The van der Waals surface area contributed by atoms with Gasteiger partial charge in [-0.25, -0.2) is 0 Å². The first-order valence-electron chi connectivity index (χ1n) is 4.52. The second-order valence-electron chi connectivity index (χ2n) is 3.55. The summed E-state index contributed by atoms with van der Waals surface area (Å²) in [6.07, 6.45) is -0.193. The molecular weight excluding hydrogens is 198 g/mol. The molecule has 0 fully saturated rings. The predicted molar refractivity (Wildman–Crippen MR) is 53.5 cm³/mol. The summed E-state index contributed by atoms with van der Waals surface area (Å²) in [6.45, 7) is 3.53. The Morgan fingerprint density at radius 3 is 2.60 bits per heavy atom. The fourth-order valence-corrected chi connectivity index (χ4v) is 1.29. The smallest absolute Gasteiger partial charge is 0.258 e. The minimum absolute atomic E-state index is 0.0781. The molecule has 0 saturated carbocycles. The van der Waals surface area contributed by atoms with Gasteiger partial charge < -0.3 is 15.8 Å². The number of aromatic hydroxyl groups is 1. The van der Waals surface area contributed by atoms with Crippen molar-refractivity contribution < 1.29 is 9.90 Å². The Balaban J connectivity index is 3.20. The highest BCUT2D eigenvalue weighted by Crippen LogP contribution is 2.18. The number of nitrogens with one attached hydrogen (secondary N) is 1. The number of hydrogen-bond donors (Lipinski definition) is 3. The molecule has 1 heterocycles. The molecule has 0 aliphatic heterocycles. The fourth-order valence-electron chi connectivity index (χ4n) is 1.29. The number of amides is 1.